The number of carboxylic acid groups (broad SMARTS) is 1. The quantitative estimate of drug-likeness (QED) is 0.691. The standard InChI is InChI=1S/C13H21N3O2/c1-3-16(4-2)10-6-9-14-12-8-5-7-11(15-12)13(17)18/h5,7-8H,3-4,6,9-10H2,1-2H3,(H,14,15)(H,17,18). The van der Waals surface area contributed by atoms with Gasteiger partial charge in [-0.2, -0.15) is 0 Å². The smallest absolute Gasteiger partial charge is 0.354 e. The predicted octanol–water partition coefficient (Wildman–Crippen LogP) is 1.92. The highest BCUT2D eigenvalue weighted by Crippen LogP contribution is 2.05. The normalized spacial score (nSPS) is 10.6. The van der Waals surface area contributed by atoms with Gasteiger partial charge in [0.1, 0.15) is 5.82 Å². The van der Waals surface area contributed by atoms with Crippen LogP contribution < -0.4 is 5.32 Å². The molecule has 5 heteroatoms. The van der Waals surface area contributed by atoms with Crippen LogP contribution in [0.25, 0.3) is 0 Å². The largest absolute Gasteiger partial charge is 0.477 e. The van der Waals surface area contributed by atoms with E-state index in [0.717, 1.165) is 32.6 Å². The third-order valence-electron chi connectivity index (χ3n) is 2.82. The summed E-state index contributed by atoms with van der Waals surface area (Å²) in [7, 11) is 0. The molecule has 1 rings (SSSR count). The highest BCUT2D eigenvalue weighted by atomic mass is 16.4. The Morgan fingerprint density at radius 2 is 2.11 bits per heavy atom. The summed E-state index contributed by atoms with van der Waals surface area (Å²) in [6.45, 7) is 8.25. The molecule has 0 radical (unpaired) electrons. The summed E-state index contributed by atoms with van der Waals surface area (Å²) in [5.41, 5.74) is 0.0729. The van der Waals surface area contributed by atoms with E-state index in [0.29, 0.717) is 5.82 Å². The summed E-state index contributed by atoms with van der Waals surface area (Å²) in [4.78, 5) is 17.1. The lowest BCUT2D eigenvalue weighted by molar-refractivity contribution is 0.0690. The number of anilines is 1. The van der Waals surface area contributed by atoms with Gasteiger partial charge in [-0.25, -0.2) is 9.78 Å². The zero-order valence-electron chi connectivity index (χ0n) is 11.0. The molecule has 0 unspecified atom stereocenters. The summed E-state index contributed by atoms with van der Waals surface area (Å²) >= 11 is 0. The molecule has 0 aliphatic rings. The molecule has 5 nitrogen and oxygen atoms in total. The molecule has 1 aromatic rings. The summed E-state index contributed by atoms with van der Waals surface area (Å²) in [6.07, 6.45) is 1.01. The van der Waals surface area contributed by atoms with E-state index in [-0.39, 0.29) is 5.69 Å². The van der Waals surface area contributed by atoms with Gasteiger partial charge in [0.15, 0.2) is 5.69 Å². The van der Waals surface area contributed by atoms with Gasteiger partial charge in [-0.3, -0.25) is 0 Å². The van der Waals surface area contributed by atoms with E-state index < -0.39 is 5.97 Å². The van der Waals surface area contributed by atoms with Gasteiger partial charge in [-0.05, 0) is 38.2 Å². The molecule has 0 spiro atoms. The van der Waals surface area contributed by atoms with Crippen LogP contribution in [0, 0.1) is 0 Å². The number of carboxylic acids is 1. The SMILES string of the molecule is CCN(CC)CCCNc1cccc(C(=O)O)n1. The van der Waals surface area contributed by atoms with Crippen molar-refractivity contribution in [2.24, 2.45) is 0 Å². The van der Waals surface area contributed by atoms with Crippen LogP contribution in [0.3, 0.4) is 0 Å². The number of pyridine rings is 1. The van der Waals surface area contributed by atoms with Gasteiger partial charge in [0.25, 0.3) is 0 Å². The lowest BCUT2D eigenvalue weighted by atomic mass is 10.3. The van der Waals surface area contributed by atoms with Crippen molar-refractivity contribution in [1.82, 2.24) is 9.88 Å². The molecule has 0 aliphatic heterocycles. The number of nitrogens with one attached hydrogen (secondary N) is 1. The first-order valence-corrected chi connectivity index (χ1v) is 6.34. The predicted molar refractivity (Wildman–Crippen MR) is 72.1 cm³/mol. The van der Waals surface area contributed by atoms with E-state index in [1.807, 2.05) is 0 Å². The van der Waals surface area contributed by atoms with Crippen molar-refractivity contribution in [3.8, 4) is 0 Å². The number of carbonyl (C=O) groups is 1. The van der Waals surface area contributed by atoms with E-state index in [4.69, 9.17) is 5.11 Å². The molecule has 0 bridgehead atoms. The maximum atomic E-state index is 10.8. The number of aromatic nitrogens is 1. The van der Waals surface area contributed by atoms with Crippen LogP contribution in [-0.4, -0.2) is 47.1 Å². The monoisotopic (exact) mass is 251 g/mol. The minimum Gasteiger partial charge on any atom is -0.477 e. The Bertz CT molecular complexity index is 378. The third-order valence-corrected chi connectivity index (χ3v) is 2.82. The molecular weight excluding hydrogens is 230 g/mol. The minimum atomic E-state index is -0.998. The second-order valence-electron chi connectivity index (χ2n) is 4.02. The van der Waals surface area contributed by atoms with Crippen molar-refractivity contribution in [2.45, 2.75) is 20.3 Å². The maximum absolute atomic E-state index is 10.8. The number of hydrogen-bond donors (Lipinski definition) is 2. The summed E-state index contributed by atoms with van der Waals surface area (Å²) in [5.74, 6) is -0.378. The lowest BCUT2D eigenvalue weighted by Crippen LogP contribution is -2.25. The van der Waals surface area contributed by atoms with Crippen LogP contribution >= 0.6 is 0 Å². The van der Waals surface area contributed by atoms with Crippen LogP contribution in [0.4, 0.5) is 5.82 Å². The molecule has 2 N–H and O–H groups in total. The Morgan fingerprint density at radius 1 is 1.39 bits per heavy atom. The number of hydrogen-bond acceptors (Lipinski definition) is 4. The second-order valence-corrected chi connectivity index (χ2v) is 4.02. The van der Waals surface area contributed by atoms with E-state index >= 15 is 0 Å². The Kier molecular flexibility index (Phi) is 6.14. The van der Waals surface area contributed by atoms with Crippen molar-refractivity contribution in [1.29, 1.82) is 0 Å². The zero-order valence-corrected chi connectivity index (χ0v) is 11.0. The average Bonchev–Trinajstić information content (AvgIpc) is 2.39. The van der Waals surface area contributed by atoms with E-state index in [2.05, 4.69) is 29.0 Å². The van der Waals surface area contributed by atoms with Crippen LogP contribution in [0.5, 0.6) is 0 Å². The van der Waals surface area contributed by atoms with Gasteiger partial charge in [-0.1, -0.05) is 19.9 Å². The first-order valence-electron chi connectivity index (χ1n) is 6.34. The summed E-state index contributed by atoms with van der Waals surface area (Å²) in [5, 5.41) is 12.0. The Hall–Kier alpha value is -1.62. The molecule has 0 aromatic carbocycles. The summed E-state index contributed by atoms with van der Waals surface area (Å²) in [6, 6.07) is 4.97. The second kappa shape index (κ2) is 7.66. The Labute approximate surface area is 108 Å². The average molecular weight is 251 g/mol. The molecule has 0 amide bonds. The fraction of sp³-hybridized carbons (Fsp3) is 0.538. The molecule has 0 saturated heterocycles. The zero-order chi connectivity index (χ0) is 13.4. The topological polar surface area (TPSA) is 65.5 Å². The van der Waals surface area contributed by atoms with Gasteiger partial charge >= 0.3 is 5.97 Å². The van der Waals surface area contributed by atoms with Crippen LogP contribution in [0.1, 0.15) is 30.8 Å². The lowest BCUT2D eigenvalue weighted by Gasteiger charge is -2.17. The van der Waals surface area contributed by atoms with E-state index in [1.54, 1.807) is 12.1 Å². The Balaban J connectivity index is 2.35. The molecule has 0 saturated carbocycles. The van der Waals surface area contributed by atoms with Crippen molar-refractivity contribution >= 4 is 11.8 Å². The molecule has 0 atom stereocenters. The molecule has 1 aromatic heterocycles. The van der Waals surface area contributed by atoms with Crippen molar-refractivity contribution in [2.75, 3.05) is 31.5 Å². The molecule has 0 aliphatic carbocycles. The fourth-order valence-corrected chi connectivity index (χ4v) is 1.71. The van der Waals surface area contributed by atoms with Crippen molar-refractivity contribution in [3.63, 3.8) is 0 Å². The molecule has 1 heterocycles. The van der Waals surface area contributed by atoms with E-state index in [9.17, 15) is 4.79 Å². The number of rotatable bonds is 8. The van der Waals surface area contributed by atoms with Crippen LogP contribution in [0.15, 0.2) is 18.2 Å². The summed E-state index contributed by atoms with van der Waals surface area (Å²) < 4.78 is 0. The van der Waals surface area contributed by atoms with Gasteiger partial charge in [0.05, 0.1) is 0 Å². The number of aromatic carboxylic acids is 1. The first-order chi connectivity index (χ1) is 8.67. The first kappa shape index (κ1) is 14.4. The van der Waals surface area contributed by atoms with Gasteiger partial charge in [0.2, 0.25) is 0 Å². The molecule has 18 heavy (non-hydrogen) atoms. The number of nitrogens with zero attached hydrogens (tertiary/aromatic N) is 2. The minimum absolute atomic E-state index is 0.0729. The highest BCUT2D eigenvalue weighted by molar-refractivity contribution is 5.85. The molecule has 0 fully saturated rings. The van der Waals surface area contributed by atoms with Crippen molar-refractivity contribution < 1.29 is 9.90 Å². The Morgan fingerprint density at radius 3 is 2.72 bits per heavy atom. The van der Waals surface area contributed by atoms with Gasteiger partial charge in [0, 0.05) is 6.54 Å². The van der Waals surface area contributed by atoms with Crippen LogP contribution in [0.2, 0.25) is 0 Å². The molecular formula is C13H21N3O2. The van der Waals surface area contributed by atoms with Gasteiger partial charge < -0.3 is 15.3 Å². The molecule has 100 valence electrons. The van der Waals surface area contributed by atoms with Crippen LogP contribution in [-0.2, 0) is 0 Å². The van der Waals surface area contributed by atoms with E-state index in [1.165, 1.54) is 6.07 Å². The van der Waals surface area contributed by atoms with Gasteiger partial charge in [-0.15, -0.1) is 0 Å². The third kappa shape index (κ3) is 4.71. The fourth-order valence-electron chi connectivity index (χ4n) is 1.71. The van der Waals surface area contributed by atoms with Crippen molar-refractivity contribution in [3.05, 3.63) is 23.9 Å². The maximum Gasteiger partial charge on any atom is 0.354 e. The highest BCUT2D eigenvalue weighted by Gasteiger charge is 2.04.